The first kappa shape index (κ1) is 20.9. The minimum atomic E-state index is -0.657. The molecule has 0 saturated carbocycles. The van der Waals surface area contributed by atoms with Crippen molar-refractivity contribution in [3.8, 4) is 17.7 Å². The minimum absolute atomic E-state index is 0.0829. The summed E-state index contributed by atoms with van der Waals surface area (Å²) >= 11 is 0. The molecule has 3 aromatic rings. The molecule has 0 fully saturated rings. The highest BCUT2D eigenvalue weighted by Crippen LogP contribution is 2.24. The lowest BCUT2D eigenvalue weighted by Gasteiger charge is -2.06. The predicted molar refractivity (Wildman–Crippen MR) is 108 cm³/mol. The van der Waals surface area contributed by atoms with Crippen LogP contribution in [0.3, 0.4) is 0 Å². The number of furan rings is 1. The summed E-state index contributed by atoms with van der Waals surface area (Å²) < 4.78 is 16.0. The number of fused-ring (bicyclic) bond motifs is 1. The second kappa shape index (κ2) is 10.1. The van der Waals surface area contributed by atoms with Crippen molar-refractivity contribution in [2.75, 3.05) is 26.9 Å². The summed E-state index contributed by atoms with van der Waals surface area (Å²) in [5, 5.41) is 13.3. The van der Waals surface area contributed by atoms with Crippen LogP contribution >= 0.6 is 0 Å². The van der Waals surface area contributed by atoms with Gasteiger partial charge in [0.2, 0.25) is 0 Å². The smallest absolute Gasteiger partial charge is 0.289 e. The van der Waals surface area contributed by atoms with E-state index in [0.29, 0.717) is 30.1 Å². The van der Waals surface area contributed by atoms with Crippen molar-refractivity contribution in [2.45, 2.75) is 0 Å². The summed E-state index contributed by atoms with van der Waals surface area (Å²) in [5.41, 5.74) is 0.839. The highest BCUT2D eigenvalue weighted by Gasteiger charge is 2.13. The van der Waals surface area contributed by atoms with E-state index in [-0.39, 0.29) is 17.4 Å². The molecule has 3 rings (SSSR count). The van der Waals surface area contributed by atoms with Gasteiger partial charge in [0.15, 0.2) is 5.76 Å². The molecule has 0 aliphatic carbocycles. The van der Waals surface area contributed by atoms with E-state index in [4.69, 9.17) is 13.9 Å². The van der Waals surface area contributed by atoms with E-state index < -0.39 is 11.8 Å². The Morgan fingerprint density at radius 3 is 2.70 bits per heavy atom. The van der Waals surface area contributed by atoms with E-state index in [1.54, 1.807) is 61.7 Å². The number of hydroxylamine groups is 2. The Morgan fingerprint density at radius 2 is 1.93 bits per heavy atom. The molecule has 30 heavy (non-hydrogen) atoms. The lowest BCUT2D eigenvalue weighted by molar-refractivity contribution is -0.0117. The lowest BCUT2D eigenvalue weighted by atomic mass is 10.2. The maximum atomic E-state index is 12.2. The van der Waals surface area contributed by atoms with E-state index in [1.165, 1.54) is 0 Å². The first-order valence-electron chi connectivity index (χ1n) is 9.09. The van der Waals surface area contributed by atoms with E-state index in [0.717, 1.165) is 5.39 Å². The van der Waals surface area contributed by atoms with Gasteiger partial charge in [0.25, 0.3) is 11.8 Å². The predicted octanol–water partition coefficient (Wildman–Crippen LogP) is 2.68. The molecule has 2 amide bonds. The number of hydrogen-bond acceptors (Lipinski definition) is 6. The van der Waals surface area contributed by atoms with Crippen LogP contribution in [0.2, 0.25) is 0 Å². The molecular weight excluding hydrogens is 388 g/mol. The van der Waals surface area contributed by atoms with Gasteiger partial charge in [-0.2, -0.15) is 0 Å². The second-order valence-electron chi connectivity index (χ2n) is 6.11. The quantitative estimate of drug-likeness (QED) is 0.205. The normalized spacial score (nSPS) is 10.2. The van der Waals surface area contributed by atoms with Crippen LogP contribution in [0.4, 0.5) is 0 Å². The molecular formula is C22H20N2O6. The van der Waals surface area contributed by atoms with E-state index in [1.807, 2.05) is 0 Å². The maximum absolute atomic E-state index is 12.2. The molecule has 2 N–H and O–H groups in total. The Bertz CT molecular complexity index is 1080. The van der Waals surface area contributed by atoms with Crippen LogP contribution in [0, 0.1) is 12.0 Å². The number of carbonyl (C=O) groups is 2. The number of benzene rings is 2. The van der Waals surface area contributed by atoms with Crippen molar-refractivity contribution in [3.05, 3.63) is 65.9 Å². The molecule has 8 heteroatoms. The zero-order valence-corrected chi connectivity index (χ0v) is 16.3. The Balaban J connectivity index is 1.55. The Kier molecular flexibility index (Phi) is 7.05. The molecule has 0 spiro atoms. The molecule has 0 atom stereocenters. The standard InChI is InChI=1S/C22H20N2O6/c1-28-12-13-29-18-8-9-19-17(14-18)15-20(30-19)21(25)23-10-5-11-24(27)22(26)16-6-3-2-4-7-16/h2-4,6-9,14-15,27H,10,12-13H2,1H3,(H,23,25). The van der Waals surface area contributed by atoms with Gasteiger partial charge in [-0.3, -0.25) is 14.8 Å². The third kappa shape index (κ3) is 5.38. The van der Waals surface area contributed by atoms with Crippen LogP contribution in [0.25, 0.3) is 11.0 Å². The monoisotopic (exact) mass is 408 g/mol. The van der Waals surface area contributed by atoms with Gasteiger partial charge in [0.05, 0.1) is 13.2 Å². The largest absolute Gasteiger partial charge is 0.491 e. The summed E-state index contributed by atoms with van der Waals surface area (Å²) in [7, 11) is 1.59. The van der Waals surface area contributed by atoms with Crippen molar-refractivity contribution < 1.29 is 28.7 Å². The highest BCUT2D eigenvalue weighted by molar-refractivity contribution is 5.96. The topological polar surface area (TPSA) is 101 Å². The third-order valence-corrected chi connectivity index (χ3v) is 4.00. The van der Waals surface area contributed by atoms with Crippen LogP contribution in [0.15, 0.2) is 59.0 Å². The molecule has 154 valence electrons. The molecule has 0 radical (unpaired) electrons. The second-order valence-corrected chi connectivity index (χ2v) is 6.11. The highest BCUT2D eigenvalue weighted by atomic mass is 16.5. The van der Waals surface area contributed by atoms with Gasteiger partial charge >= 0.3 is 0 Å². The Morgan fingerprint density at radius 1 is 1.13 bits per heavy atom. The fraction of sp³-hybridized carbons (Fsp3) is 0.182. The first-order chi connectivity index (χ1) is 14.6. The van der Waals surface area contributed by atoms with Gasteiger partial charge in [-0.25, -0.2) is 0 Å². The lowest BCUT2D eigenvalue weighted by Crippen LogP contribution is -2.25. The number of nitrogens with one attached hydrogen (secondary N) is 1. The van der Waals surface area contributed by atoms with Crippen LogP contribution in [-0.2, 0) is 4.74 Å². The molecule has 2 aromatic carbocycles. The SMILES string of the molecule is COCCOc1ccc2oc(C(=O)NCC#CN(O)C(=O)c3ccccc3)cc2c1. The average molecular weight is 408 g/mol. The first-order valence-corrected chi connectivity index (χ1v) is 9.09. The maximum Gasteiger partial charge on any atom is 0.289 e. The minimum Gasteiger partial charge on any atom is -0.491 e. The summed E-state index contributed by atoms with van der Waals surface area (Å²) in [5.74, 6) is 2.14. The Hall–Kier alpha value is -3.80. The van der Waals surface area contributed by atoms with Crippen molar-refractivity contribution in [3.63, 3.8) is 0 Å². The molecule has 8 nitrogen and oxygen atoms in total. The molecule has 1 heterocycles. The fourth-order valence-electron chi connectivity index (χ4n) is 2.55. The number of rotatable bonds is 7. The van der Waals surface area contributed by atoms with Gasteiger partial charge < -0.3 is 19.2 Å². The molecule has 0 unspecified atom stereocenters. The van der Waals surface area contributed by atoms with Crippen LogP contribution in [0.5, 0.6) is 5.75 Å². The van der Waals surface area contributed by atoms with Crippen LogP contribution < -0.4 is 10.1 Å². The Labute approximate surface area is 172 Å². The number of nitrogens with zero attached hydrogens (tertiary/aromatic N) is 1. The third-order valence-electron chi connectivity index (χ3n) is 4.00. The van der Waals surface area contributed by atoms with Crippen molar-refractivity contribution in [1.82, 2.24) is 10.4 Å². The number of methoxy groups -OCH3 is 1. The van der Waals surface area contributed by atoms with E-state index in [2.05, 4.69) is 17.3 Å². The summed E-state index contributed by atoms with van der Waals surface area (Å²) in [4.78, 5) is 24.2. The number of hydrogen-bond donors (Lipinski definition) is 2. The van der Waals surface area contributed by atoms with Crippen LogP contribution in [-0.4, -0.2) is 49.0 Å². The van der Waals surface area contributed by atoms with Gasteiger partial charge in [-0.05, 0) is 36.4 Å². The fourth-order valence-corrected chi connectivity index (χ4v) is 2.55. The van der Waals surface area contributed by atoms with Gasteiger partial charge in [-0.1, -0.05) is 24.1 Å². The van der Waals surface area contributed by atoms with Crippen molar-refractivity contribution in [2.24, 2.45) is 0 Å². The van der Waals surface area contributed by atoms with Gasteiger partial charge in [0, 0.05) is 24.1 Å². The zero-order chi connectivity index (χ0) is 21.3. The van der Waals surface area contributed by atoms with Gasteiger partial charge in [0.1, 0.15) is 17.9 Å². The molecule has 0 saturated heterocycles. The van der Waals surface area contributed by atoms with Gasteiger partial charge in [-0.15, -0.1) is 5.06 Å². The van der Waals surface area contributed by atoms with Crippen molar-refractivity contribution in [1.29, 1.82) is 0 Å². The van der Waals surface area contributed by atoms with E-state index in [9.17, 15) is 14.8 Å². The summed E-state index contributed by atoms with van der Waals surface area (Å²) in [6.45, 7) is 0.807. The number of carbonyl (C=O) groups excluding carboxylic acids is 2. The molecule has 0 aliphatic heterocycles. The molecule has 1 aromatic heterocycles. The average Bonchev–Trinajstić information content (AvgIpc) is 3.20. The number of amides is 2. The van der Waals surface area contributed by atoms with E-state index >= 15 is 0 Å². The summed E-state index contributed by atoms with van der Waals surface area (Å²) in [6.07, 6.45) is 0. The number of ether oxygens (including phenoxy) is 2. The summed E-state index contributed by atoms with van der Waals surface area (Å²) in [6, 6.07) is 17.3. The van der Waals surface area contributed by atoms with Crippen LogP contribution in [0.1, 0.15) is 20.9 Å². The van der Waals surface area contributed by atoms with Crippen molar-refractivity contribution >= 4 is 22.8 Å². The molecule has 0 bridgehead atoms. The zero-order valence-electron chi connectivity index (χ0n) is 16.3. The molecule has 0 aliphatic rings.